The van der Waals surface area contributed by atoms with Crippen molar-refractivity contribution in [3.8, 4) is 28.3 Å². The third-order valence-electron chi connectivity index (χ3n) is 7.72. The first-order valence-electron chi connectivity index (χ1n) is 16.2. The van der Waals surface area contributed by atoms with Crippen molar-refractivity contribution in [2.24, 2.45) is 0 Å². The van der Waals surface area contributed by atoms with Gasteiger partial charge in [-0.3, -0.25) is 4.79 Å². The molecule has 0 aliphatic rings. The Bertz CT molecular complexity index is 1170. The number of H-pyrrole nitrogens is 1. The first kappa shape index (κ1) is 33.7. The van der Waals surface area contributed by atoms with Gasteiger partial charge in [0.1, 0.15) is 11.8 Å². The summed E-state index contributed by atoms with van der Waals surface area (Å²) in [4.78, 5) is 23.1. The van der Waals surface area contributed by atoms with E-state index in [1.165, 1.54) is 57.8 Å². The third kappa shape index (κ3) is 13.4. The van der Waals surface area contributed by atoms with E-state index in [1.807, 2.05) is 31.2 Å². The smallest absolute Gasteiger partial charge is 0.326 e. The van der Waals surface area contributed by atoms with Crippen LogP contribution in [0.25, 0.3) is 22.5 Å². The van der Waals surface area contributed by atoms with Crippen LogP contribution in [0.4, 0.5) is 0 Å². The minimum Gasteiger partial charge on any atom is -0.494 e. The van der Waals surface area contributed by atoms with Gasteiger partial charge in [0.15, 0.2) is 5.82 Å². The Morgan fingerprint density at radius 1 is 0.767 bits per heavy atom. The molecule has 0 saturated carbocycles. The minimum atomic E-state index is -0.943. The zero-order valence-corrected chi connectivity index (χ0v) is 25.7. The number of nitrogens with zero attached hydrogens (tertiary/aromatic N) is 3. The zero-order chi connectivity index (χ0) is 30.5. The number of aromatic nitrogens is 4. The Hall–Kier alpha value is -3.75. The molecular formula is C34H49N5O4. The first-order chi connectivity index (χ1) is 21.1. The van der Waals surface area contributed by atoms with Crippen molar-refractivity contribution in [1.82, 2.24) is 25.9 Å². The van der Waals surface area contributed by atoms with Gasteiger partial charge >= 0.3 is 5.97 Å². The second kappa shape index (κ2) is 20.2. The average molecular weight is 592 g/mol. The van der Waals surface area contributed by atoms with Crippen LogP contribution in [0.1, 0.15) is 110 Å². The summed E-state index contributed by atoms with van der Waals surface area (Å²) in [5.74, 6) is 0.492. The SMILES string of the molecule is CCCC(NC(=O)CCCCCCCCCCCCCCCOc1ccc(-c2ccc(-c3nnn[nH]3)cc2)cc1)C(=O)O. The van der Waals surface area contributed by atoms with Crippen molar-refractivity contribution in [2.45, 2.75) is 116 Å². The molecule has 0 spiro atoms. The maximum atomic E-state index is 11.9. The fourth-order valence-electron chi connectivity index (χ4n) is 5.18. The van der Waals surface area contributed by atoms with Gasteiger partial charge in [0.25, 0.3) is 0 Å². The summed E-state index contributed by atoms with van der Waals surface area (Å²) in [5.41, 5.74) is 3.24. The monoisotopic (exact) mass is 591 g/mol. The molecule has 3 rings (SSSR count). The van der Waals surface area contributed by atoms with E-state index in [1.54, 1.807) is 0 Å². The number of ether oxygens (including phenoxy) is 1. The number of nitrogens with one attached hydrogen (secondary N) is 2. The number of aromatic amines is 1. The largest absolute Gasteiger partial charge is 0.494 e. The van der Waals surface area contributed by atoms with E-state index in [2.05, 4.69) is 50.2 Å². The average Bonchev–Trinajstić information content (AvgIpc) is 3.56. The van der Waals surface area contributed by atoms with E-state index in [-0.39, 0.29) is 5.91 Å². The second-order valence-electron chi connectivity index (χ2n) is 11.3. The lowest BCUT2D eigenvalue weighted by Gasteiger charge is -2.13. The second-order valence-corrected chi connectivity index (χ2v) is 11.3. The highest BCUT2D eigenvalue weighted by atomic mass is 16.5. The van der Waals surface area contributed by atoms with Crippen LogP contribution < -0.4 is 10.1 Å². The van der Waals surface area contributed by atoms with Crippen LogP contribution in [-0.4, -0.2) is 50.3 Å². The van der Waals surface area contributed by atoms with Crippen LogP contribution in [-0.2, 0) is 9.59 Å². The lowest BCUT2D eigenvalue weighted by Crippen LogP contribution is -2.40. The highest BCUT2D eigenvalue weighted by Gasteiger charge is 2.18. The predicted octanol–water partition coefficient (Wildman–Crippen LogP) is 7.74. The quantitative estimate of drug-likeness (QED) is 0.0961. The summed E-state index contributed by atoms with van der Waals surface area (Å²) in [5, 5.41) is 25.7. The Balaban J connectivity index is 1.10. The van der Waals surface area contributed by atoms with Gasteiger partial charge in [0, 0.05) is 12.0 Å². The van der Waals surface area contributed by atoms with Crippen LogP contribution in [0, 0.1) is 0 Å². The summed E-state index contributed by atoms with van der Waals surface area (Å²) >= 11 is 0. The number of carbonyl (C=O) groups excluding carboxylic acids is 1. The van der Waals surface area contributed by atoms with Gasteiger partial charge in [-0.1, -0.05) is 120 Å². The van der Waals surface area contributed by atoms with Crippen LogP contribution in [0.3, 0.4) is 0 Å². The van der Waals surface area contributed by atoms with Gasteiger partial charge in [-0.15, -0.1) is 5.10 Å². The molecular weight excluding hydrogens is 542 g/mol. The molecule has 1 unspecified atom stereocenters. The van der Waals surface area contributed by atoms with Gasteiger partial charge < -0.3 is 15.2 Å². The van der Waals surface area contributed by atoms with Crippen molar-refractivity contribution in [1.29, 1.82) is 0 Å². The topological polar surface area (TPSA) is 130 Å². The molecule has 0 radical (unpaired) electrons. The molecule has 9 heteroatoms. The van der Waals surface area contributed by atoms with E-state index in [0.717, 1.165) is 61.2 Å². The molecule has 3 N–H and O–H groups in total. The predicted molar refractivity (Wildman–Crippen MR) is 170 cm³/mol. The van der Waals surface area contributed by atoms with Gasteiger partial charge in [0.05, 0.1) is 6.61 Å². The fraction of sp³-hybridized carbons (Fsp3) is 0.559. The van der Waals surface area contributed by atoms with E-state index in [9.17, 15) is 9.59 Å². The zero-order valence-electron chi connectivity index (χ0n) is 25.7. The standard InChI is InChI=1S/C34H49N5O4/c1-2-16-31(34(41)42)35-32(40)17-14-12-10-8-6-4-3-5-7-9-11-13-15-26-43-30-24-22-28(23-25-30)27-18-20-29(21-19-27)33-36-38-39-37-33/h18-25,31H,2-17,26H2,1H3,(H,35,40)(H,41,42)(H,36,37,38,39). The summed E-state index contributed by atoms with van der Waals surface area (Å²) in [7, 11) is 0. The molecule has 0 saturated heterocycles. The summed E-state index contributed by atoms with van der Waals surface area (Å²) in [6.07, 6.45) is 17.2. The first-order valence-corrected chi connectivity index (χ1v) is 16.2. The highest BCUT2D eigenvalue weighted by Crippen LogP contribution is 2.25. The molecule has 3 aromatic rings. The molecule has 9 nitrogen and oxygen atoms in total. The van der Waals surface area contributed by atoms with Crippen LogP contribution in [0.2, 0.25) is 0 Å². The molecule has 0 fully saturated rings. The molecule has 1 aromatic heterocycles. The number of carbonyl (C=O) groups is 2. The Morgan fingerprint density at radius 3 is 1.79 bits per heavy atom. The molecule has 0 bridgehead atoms. The Labute approximate surface area is 256 Å². The number of amides is 1. The maximum Gasteiger partial charge on any atom is 0.326 e. The van der Waals surface area contributed by atoms with Crippen molar-refractivity contribution in [3.05, 3.63) is 48.5 Å². The van der Waals surface area contributed by atoms with Crippen molar-refractivity contribution in [3.63, 3.8) is 0 Å². The van der Waals surface area contributed by atoms with Crippen LogP contribution in [0.15, 0.2) is 48.5 Å². The molecule has 0 aliphatic heterocycles. The van der Waals surface area contributed by atoms with E-state index < -0.39 is 12.0 Å². The lowest BCUT2D eigenvalue weighted by molar-refractivity contribution is -0.142. The highest BCUT2D eigenvalue weighted by molar-refractivity contribution is 5.83. The van der Waals surface area contributed by atoms with E-state index in [4.69, 9.17) is 9.84 Å². The van der Waals surface area contributed by atoms with Crippen molar-refractivity contribution in [2.75, 3.05) is 6.61 Å². The summed E-state index contributed by atoms with van der Waals surface area (Å²) < 4.78 is 5.95. The lowest BCUT2D eigenvalue weighted by atomic mass is 10.0. The molecule has 1 heterocycles. The van der Waals surface area contributed by atoms with Gasteiger partial charge in [-0.05, 0) is 52.9 Å². The maximum absolute atomic E-state index is 11.9. The van der Waals surface area contributed by atoms with E-state index >= 15 is 0 Å². The number of carboxylic acid groups (broad SMARTS) is 1. The fourth-order valence-corrected chi connectivity index (χ4v) is 5.18. The molecule has 1 amide bonds. The number of hydrogen-bond acceptors (Lipinski definition) is 6. The number of rotatable bonds is 23. The van der Waals surface area contributed by atoms with Gasteiger partial charge in [-0.2, -0.15) is 0 Å². The van der Waals surface area contributed by atoms with Crippen LogP contribution in [0.5, 0.6) is 5.75 Å². The summed E-state index contributed by atoms with van der Waals surface area (Å²) in [6, 6.07) is 15.7. The van der Waals surface area contributed by atoms with Gasteiger partial charge in [-0.25, -0.2) is 9.89 Å². The number of hydrogen-bond donors (Lipinski definition) is 3. The third-order valence-corrected chi connectivity index (χ3v) is 7.72. The Kier molecular flexibility index (Phi) is 15.9. The van der Waals surface area contributed by atoms with Crippen molar-refractivity contribution < 1.29 is 19.4 Å². The van der Waals surface area contributed by atoms with Crippen LogP contribution >= 0.6 is 0 Å². The number of aliphatic carboxylic acids is 1. The summed E-state index contributed by atoms with van der Waals surface area (Å²) in [6.45, 7) is 2.68. The number of benzene rings is 2. The molecule has 2 aromatic carbocycles. The molecule has 0 aliphatic carbocycles. The number of carboxylic acids is 1. The van der Waals surface area contributed by atoms with E-state index in [0.29, 0.717) is 18.7 Å². The minimum absolute atomic E-state index is 0.138. The number of unbranched alkanes of at least 4 members (excludes halogenated alkanes) is 12. The normalized spacial score (nSPS) is 11.7. The molecule has 1 atom stereocenters. The molecule has 43 heavy (non-hydrogen) atoms. The molecule has 234 valence electrons. The number of tetrazole rings is 1. The Morgan fingerprint density at radius 2 is 1.28 bits per heavy atom. The van der Waals surface area contributed by atoms with Crippen molar-refractivity contribution >= 4 is 11.9 Å². The van der Waals surface area contributed by atoms with Gasteiger partial charge in [0.2, 0.25) is 5.91 Å².